The van der Waals surface area contributed by atoms with E-state index < -0.39 is 29.1 Å². The largest absolute Gasteiger partial charge is 0.500 e. The molecule has 0 amide bonds. The van der Waals surface area contributed by atoms with Crippen LogP contribution in [0.5, 0.6) is 0 Å². The van der Waals surface area contributed by atoms with Gasteiger partial charge in [0.2, 0.25) is 0 Å². The molecule has 0 atom stereocenters. The summed E-state index contributed by atoms with van der Waals surface area (Å²) < 4.78 is 42.8. The minimum atomic E-state index is -5.18. The van der Waals surface area contributed by atoms with Crippen molar-refractivity contribution in [1.29, 1.82) is 0 Å². The van der Waals surface area contributed by atoms with Crippen molar-refractivity contribution >= 4 is 24.0 Å². The van der Waals surface area contributed by atoms with E-state index in [-0.39, 0.29) is 19.1 Å². The van der Waals surface area contributed by atoms with Crippen molar-refractivity contribution in [1.82, 2.24) is 0 Å². The first kappa shape index (κ1) is 21.4. The number of ether oxygens (including phenoxy) is 1. The second-order valence-electron chi connectivity index (χ2n) is 4.27. The van der Waals surface area contributed by atoms with Gasteiger partial charge in [0.15, 0.2) is 0 Å². The topological polar surface area (TPSA) is 152 Å². The summed E-state index contributed by atoms with van der Waals surface area (Å²) in [5.41, 5.74) is 0. The maximum atomic E-state index is 11.3. The van der Waals surface area contributed by atoms with E-state index in [2.05, 4.69) is 0 Å². The summed E-state index contributed by atoms with van der Waals surface area (Å²) in [4.78, 5) is 36.4. The van der Waals surface area contributed by atoms with E-state index in [1.807, 2.05) is 0 Å². The van der Waals surface area contributed by atoms with Gasteiger partial charge in [-0.1, -0.05) is 0 Å². The normalized spacial score (nSPS) is 14.5. The third kappa shape index (κ3) is 5.19. The molecule has 0 aromatic heterocycles. The first-order valence-corrected chi connectivity index (χ1v) is 11.0. The lowest BCUT2D eigenvalue weighted by Crippen LogP contribution is -2.43. The lowest BCUT2D eigenvalue weighted by atomic mass is 10.5. The highest BCUT2D eigenvalue weighted by Gasteiger charge is 2.58. The van der Waals surface area contributed by atoms with Gasteiger partial charge in [-0.3, -0.25) is 9.13 Å². The molecule has 0 aliphatic rings. The molecule has 0 spiro atoms. The van der Waals surface area contributed by atoms with Crippen LogP contribution in [0.1, 0.15) is 13.3 Å². The molecule has 0 aliphatic heterocycles. The molecule has 0 heterocycles. The average Bonchev–Trinajstić information content (AvgIpc) is 2.37. The fourth-order valence-corrected chi connectivity index (χ4v) is 5.01. The lowest BCUT2D eigenvalue weighted by Gasteiger charge is -2.31. The van der Waals surface area contributed by atoms with Crippen LogP contribution < -0.4 is 0 Å². The molecule has 0 rings (SSSR count). The second kappa shape index (κ2) is 7.76. The molecule has 10 nitrogen and oxygen atoms in total. The Morgan fingerprint density at radius 3 is 1.62 bits per heavy atom. The van der Waals surface area contributed by atoms with Crippen molar-refractivity contribution in [3.05, 3.63) is 0 Å². The number of hydrogen-bond donors (Lipinski definition) is 4. The quantitative estimate of drug-likeness (QED) is 0.241. The maximum Gasteiger partial charge on any atom is 0.500 e. The molecule has 13 heteroatoms. The molecule has 128 valence electrons. The van der Waals surface area contributed by atoms with Crippen molar-refractivity contribution in [2.75, 3.05) is 27.9 Å². The summed E-state index contributed by atoms with van der Waals surface area (Å²) in [7, 11) is -9.04. The SMILES string of the molecule is CO[Si](CCCOC(C)(P(=O)(O)O)P(=O)(O)O)(OC)OC. The van der Waals surface area contributed by atoms with Crippen molar-refractivity contribution in [3.63, 3.8) is 0 Å². The van der Waals surface area contributed by atoms with Crippen LogP contribution in [0.25, 0.3) is 0 Å². The van der Waals surface area contributed by atoms with Crippen LogP contribution in [-0.4, -0.2) is 61.4 Å². The Morgan fingerprint density at radius 2 is 1.33 bits per heavy atom. The van der Waals surface area contributed by atoms with E-state index in [9.17, 15) is 9.13 Å². The fraction of sp³-hybridized carbons (Fsp3) is 1.00. The first-order chi connectivity index (χ1) is 9.39. The summed E-state index contributed by atoms with van der Waals surface area (Å²) in [6.07, 6.45) is 0.178. The Bertz CT molecular complexity index is 383. The highest BCUT2D eigenvalue weighted by molar-refractivity contribution is 7.72. The molecule has 4 N–H and O–H groups in total. The minimum Gasteiger partial charge on any atom is -0.377 e. The van der Waals surface area contributed by atoms with Crippen LogP contribution in [0.2, 0.25) is 6.04 Å². The molecule has 0 radical (unpaired) electrons. The summed E-state index contributed by atoms with van der Waals surface area (Å²) >= 11 is 0. The van der Waals surface area contributed by atoms with Gasteiger partial charge in [-0.05, 0) is 13.3 Å². The third-order valence-electron chi connectivity index (χ3n) is 3.02. The van der Waals surface area contributed by atoms with Gasteiger partial charge < -0.3 is 37.6 Å². The van der Waals surface area contributed by atoms with Crippen molar-refractivity contribution in [2.45, 2.75) is 24.5 Å². The summed E-state index contributed by atoms with van der Waals surface area (Å²) in [5, 5.41) is -2.88. The van der Waals surface area contributed by atoms with E-state index in [0.717, 1.165) is 0 Å². The van der Waals surface area contributed by atoms with E-state index in [1.165, 1.54) is 21.3 Å². The monoisotopic (exact) mass is 368 g/mol. The average molecular weight is 368 g/mol. The molecular weight excluding hydrogens is 346 g/mol. The molecular formula is C8H22O10P2Si. The lowest BCUT2D eigenvalue weighted by molar-refractivity contribution is 0.0453. The fourth-order valence-electron chi connectivity index (χ4n) is 1.45. The van der Waals surface area contributed by atoms with Crippen molar-refractivity contribution in [3.8, 4) is 0 Å². The molecule has 0 aromatic carbocycles. The molecule has 0 aromatic rings. The molecule has 0 bridgehead atoms. The summed E-state index contributed by atoms with van der Waals surface area (Å²) in [6.45, 7) is 0.375. The Hall–Kier alpha value is 0.357. The van der Waals surface area contributed by atoms with Crippen molar-refractivity contribution < 1.29 is 46.7 Å². The zero-order chi connectivity index (χ0) is 16.9. The van der Waals surface area contributed by atoms with Gasteiger partial charge in [-0.25, -0.2) is 0 Å². The van der Waals surface area contributed by atoms with Gasteiger partial charge in [0.25, 0.3) is 5.08 Å². The van der Waals surface area contributed by atoms with E-state index in [0.29, 0.717) is 6.92 Å². The molecule has 0 aliphatic carbocycles. The van der Waals surface area contributed by atoms with Crippen molar-refractivity contribution in [2.24, 2.45) is 0 Å². The Labute approximate surface area is 124 Å². The van der Waals surface area contributed by atoms with Crippen LogP contribution in [-0.2, 0) is 27.1 Å². The Morgan fingerprint density at radius 1 is 0.952 bits per heavy atom. The summed E-state index contributed by atoms with van der Waals surface area (Å²) in [5.74, 6) is 0. The molecule has 0 saturated carbocycles. The number of rotatable bonds is 10. The third-order valence-corrected chi connectivity index (χ3v) is 9.83. The van der Waals surface area contributed by atoms with E-state index in [4.69, 9.17) is 37.6 Å². The Balaban J connectivity index is 4.77. The second-order valence-corrected chi connectivity index (χ2v) is 11.6. The zero-order valence-electron chi connectivity index (χ0n) is 12.3. The summed E-state index contributed by atoms with van der Waals surface area (Å²) in [6, 6.07) is 0.259. The number of hydrogen-bond acceptors (Lipinski definition) is 6. The van der Waals surface area contributed by atoms with Crippen LogP contribution in [0.3, 0.4) is 0 Å². The van der Waals surface area contributed by atoms with Gasteiger partial charge in [-0.15, -0.1) is 0 Å². The van der Waals surface area contributed by atoms with Gasteiger partial charge in [0.05, 0.1) is 0 Å². The van der Waals surface area contributed by atoms with Crippen LogP contribution in [0.4, 0.5) is 0 Å². The predicted octanol–water partition coefficient (Wildman–Crippen LogP) is 0.300. The molecule has 0 saturated heterocycles. The van der Waals surface area contributed by atoms with E-state index >= 15 is 0 Å². The van der Waals surface area contributed by atoms with Crippen LogP contribution in [0, 0.1) is 0 Å². The van der Waals surface area contributed by atoms with E-state index in [1.54, 1.807) is 0 Å². The minimum absolute atomic E-state index is 0.178. The molecule has 0 unspecified atom stereocenters. The van der Waals surface area contributed by atoms with Gasteiger partial charge in [0.1, 0.15) is 0 Å². The molecule has 0 fully saturated rings. The smallest absolute Gasteiger partial charge is 0.377 e. The van der Waals surface area contributed by atoms with Gasteiger partial charge in [0, 0.05) is 34.0 Å². The highest BCUT2D eigenvalue weighted by atomic mass is 31.2. The van der Waals surface area contributed by atoms with Crippen LogP contribution in [0.15, 0.2) is 0 Å². The molecule has 21 heavy (non-hydrogen) atoms. The predicted molar refractivity (Wildman–Crippen MR) is 74.7 cm³/mol. The van der Waals surface area contributed by atoms with Crippen LogP contribution >= 0.6 is 15.2 Å². The standard InChI is InChI=1S/C8H22O10P2Si/c1-8(19(9,10)11,20(12,13)14)18-6-5-7-21(15-2,16-3)17-4/h5-7H2,1-4H3,(H2,9,10,11)(H2,12,13,14). The van der Waals surface area contributed by atoms with Gasteiger partial charge >= 0.3 is 24.0 Å². The maximum absolute atomic E-state index is 11.3. The first-order valence-electron chi connectivity index (χ1n) is 5.80. The van der Waals surface area contributed by atoms with Gasteiger partial charge in [-0.2, -0.15) is 0 Å². The Kier molecular flexibility index (Phi) is 7.89. The zero-order valence-corrected chi connectivity index (χ0v) is 15.0. The highest BCUT2D eigenvalue weighted by Crippen LogP contribution is 2.69.